The fourth-order valence-corrected chi connectivity index (χ4v) is 3.50. The number of aromatic nitrogens is 2. The number of rotatable bonds is 6. The number of hydrogen-bond donors (Lipinski definition) is 4. The molecule has 1 saturated carbocycles. The number of urea groups is 1. The predicted molar refractivity (Wildman–Crippen MR) is 122 cm³/mol. The monoisotopic (exact) mass is 422 g/mol. The number of hydrogen-bond acceptors (Lipinski definition) is 5. The van der Waals surface area contributed by atoms with E-state index in [1.807, 2.05) is 30.3 Å². The summed E-state index contributed by atoms with van der Waals surface area (Å²) in [6.07, 6.45) is 6.65. The largest absolute Gasteiger partial charge is 0.367 e. The van der Waals surface area contributed by atoms with Crippen LogP contribution in [0.2, 0.25) is 5.02 Å². The van der Waals surface area contributed by atoms with Gasteiger partial charge in [-0.05, 0) is 67.4 Å². The molecule has 0 saturated heterocycles. The fourth-order valence-electron chi connectivity index (χ4n) is 3.37. The van der Waals surface area contributed by atoms with Crippen LogP contribution < -0.4 is 21.3 Å². The average molecular weight is 423 g/mol. The van der Waals surface area contributed by atoms with E-state index in [4.69, 9.17) is 11.6 Å². The second-order valence-corrected chi connectivity index (χ2v) is 7.62. The second-order valence-electron chi connectivity index (χ2n) is 7.18. The van der Waals surface area contributed by atoms with Crippen molar-refractivity contribution in [2.75, 3.05) is 21.3 Å². The zero-order valence-corrected chi connectivity index (χ0v) is 17.1. The van der Waals surface area contributed by atoms with E-state index in [0.29, 0.717) is 28.4 Å². The summed E-state index contributed by atoms with van der Waals surface area (Å²) in [7, 11) is 0. The number of halogens is 1. The Morgan fingerprint density at radius 3 is 2.13 bits per heavy atom. The van der Waals surface area contributed by atoms with Gasteiger partial charge in [-0.25, -0.2) is 9.78 Å². The highest BCUT2D eigenvalue weighted by Crippen LogP contribution is 2.22. The van der Waals surface area contributed by atoms with E-state index in [1.165, 1.54) is 25.7 Å². The summed E-state index contributed by atoms with van der Waals surface area (Å²) in [5, 5.41) is 12.8. The third kappa shape index (κ3) is 5.61. The van der Waals surface area contributed by atoms with Crippen LogP contribution >= 0.6 is 11.6 Å². The van der Waals surface area contributed by atoms with Gasteiger partial charge in [0.05, 0.1) is 0 Å². The van der Waals surface area contributed by atoms with Gasteiger partial charge in [0.1, 0.15) is 5.82 Å². The summed E-state index contributed by atoms with van der Waals surface area (Å²) in [5.41, 5.74) is 2.17. The molecule has 8 heteroatoms. The van der Waals surface area contributed by atoms with Crippen LogP contribution in [-0.2, 0) is 0 Å². The number of carbonyl (C=O) groups excluding carboxylic acids is 1. The lowest BCUT2D eigenvalue weighted by Gasteiger charge is -2.13. The molecule has 0 aliphatic heterocycles. The highest BCUT2D eigenvalue weighted by molar-refractivity contribution is 6.30. The van der Waals surface area contributed by atoms with Gasteiger partial charge in [0.25, 0.3) is 0 Å². The third-order valence-electron chi connectivity index (χ3n) is 4.86. The number of carbonyl (C=O) groups is 1. The normalized spacial score (nSPS) is 13.6. The first-order valence-corrected chi connectivity index (χ1v) is 10.3. The molecule has 0 spiro atoms. The number of anilines is 5. The Balaban J connectivity index is 1.32. The molecule has 2 amide bonds. The van der Waals surface area contributed by atoms with Crippen LogP contribution in [0.3, 0.4) is 0 Å². The topological polar surface area (TPSA) is 91.0 Å². The molecular formula is C22H23ClN6O. The molecule has 7 nitrogen and oxygen atoms in total. The van der Waals surface area contributed by atoms with Crippen molar-refractivity contribution in [3.63, 3.8) is 0 Å². The lowest BCUT2D eigenvalue weighted by atomic mass is 10.2. The first kappa shape index (κ1) is 20.0. The highest BCUT2D eigenvalue weighted by atomic mass is 35.5. The average Bonchev–Trinajstić information content (AvgIpc) is 3.24. The first-order valence-electron chi connectivity index (χ1n) is 9.94. The van der Waals surface area contributed by atoms with Gasteiger partial charge in [-0.1, -0.05) is 24.4 Å². The van der Waals surface area contributed by atoms with Gasteiger partial charge < -0.3 is 21.3 Å². The molecular weight excluding hydrogens is 400 g/mol. The molecule has 154 valence electrons. The summed E-state index contributed by atoms with van der Waals surface area (Å²) in [6.45, 7) is 0. The lowest BCUT2D eigenvalue weighted by Crippen LogP contribution is -2.19. The third-order valence-corrected chi connectivity index (χ3v) is 5.12. The number of nitrogens with zero attached hydrogens (tertiary/aromatic N) is 2. The van der Waals surface area contributed by atoms with E-state index < -0.39 is 0 Å². The van der Waals surface area contributed by atoms with Gasteiger partial charge in [0.15, 0.2) is 0 Å². The second kappa shape index (κ2) is 9.45. The van der Waals surface area contributed by atoms with Gasteiger partial charge in [0.2, 0.25) is 5.95 Å². The molecule has 4 N–H and O–H groups in total. The van der Waals surface area contributed by atoms with Crippen molar-refractivity contribution >= 4 is 46.5 Å². The van der Waals surface area contributed by atoms with Gasteiger partial charge in [-0.15, -0.1) is 0 Å². The summed E-state index contributed by atoms with van der Waals surface area (Å²) in [4.78, 5) is 20.9. The summed E-state index contributed by atoms with van der Waals surface area (Å²) < 4.78 is 0. The van der Waals surface area contributed by atoms with Crippen molar-refractivity contribution < 1.29 is 4.79 Å². The van der Waals surface area contributed by atoms with E-state index in [2.05, 4.69) is 31.2 Å². The van der Waals surface area contributed by atoms with E-state index in [0.717, 1.165) is 11.5 Å². The van der Waals surface area contributed by atoms with Crippen molar-refractivity contribution in [1.82, 2.24) is 9.97 Å². The van der Waals surface area contributed by atoms with Gasteiger partial charge >= 0.3 is 6.03 Å². The molecule has 0 radical (unpaired) electrons. The zero-order valence-electron chi connectivity index (χ0n) is 16.4. The lowest BCUT2D eigenvalue weighted by molar-refractivity contribution is 0.262. The standard InChI is InChI=1S/C22H23ClN6O/c23-15-5-7-18(8-6-15)27-22(30)28-19-11-9-17(10-12-19)26-21-24-14-13-20(29-21)25-16-3-1-2-4-16/h5-14,16H,1-4H2,(H2,27,28,30)(H2,24,25,26,29). The van der Waals surface area contributed by atoms with Crippen LogP contribution in [0.15, 0.2) is 60.8 Å². The number of benzene rings is 2. The SMILES string of the molecule is O=C(Nc1ccc(Cl)cc1)Nc1ccc(Nc2nccc(NC3CCCC3)n2)cc1. The number of amides is 2. The Labute approximate surface area is 180 Å². The summed E-state index contributed by atoms with van der Waals surface area (Å²) in [5.74, 6) is 1.36. The molecule has 4 rings (SSSR count). The van der Waals surface area contributed by atoms with Crippen LogP contribution in [0.5, 0.6) is 0 Å². The minimum absolute atomic E-state index is 0.327. The molecule has 1 aliphatic carbocycles. The summed E-state index contributed by atoms with van der Waals surface area (Å²) in [6, 6.07) is 16.3. The van der Waals surface area contributed by atoms with E-state index in [1.54, 1.807) is 30.5 Å². The first-order chi connectivity index (χ1) is 14.6. The molecule has 2 aromatic carbocycles. The molecule has 1 aromatic heterocycles. The Hall–Kier alpha value is -3.32. The molecule has 30 heavy (non-hydrogen) atoms. The van der Waals surface area contributed by atoms with E-state index >= 15 is 0 Å². The van der Waals surface area contributed by atoms with Crippen LogP contribution in [0.4, 0.5) is 33.6 Å². The number of nitrogens with one attached hydrogen (secondary N) is 4. The Morgan fingerprint density at radius 1 is 0.867 bits per heavy atom. The minimum atomic E-state index is -0.327. The van der Waals surface area contributed by atoms with Crippen molar-refractivity contribution in [2.45, 2.75) is 31.7 Å². The molecule has 0 bridgehead atoms. The van der Waals surface area contributed by atoms with Crippen LogP contribution in [0.1, 0.15) is 25.7 Å². The van der Waals surface area contributed by atoms with Crippen molar-refractivity contribution in [2.24, 2.45) is 0 Å². The van der Waals surface area contributed by atoms with E-state index in [-0.39, 0.29) is 6.03 Å². The Bertz CT molecular complexity index is 987. The molecule has 3 aromatic rings. The van der Waals surface area contributed by atoms with Crippen LogP contribution in [0, 0.1) is 0 Å². The molecule has 0 atom stereocenters. The maximum absolute atomic E-state index is 12.1. The smallest absolute Gasteiger partial charge is 0.323 e. The summed E-state index contributed by atoms with van der Waals surface area (Å²) >= 11 is 5.85. The maximum Gasteiger partial charge on any atom is 0.323 e. The molecule has 1 fully saturated rings. The molecule has 1 aliphatic rings. The van der Waals surface area contributed by atoms with Crippen LogP contribution in [0.25, 0.3) is 0 Å². The Kier molecular flexibility index (Phi) is 6.29. The van der Waals surface area contributed by atoms with Crippen LogP contribution in [-0.4, -0.2) is 22.0 Å². The maximum atomic E-state index is 12.1. The highest BCUT2D eigenvalue weighted by Gasteiger charge is 2.15. The minimum Gasteiger partial charge on any atom is -0.367 e. The van der Waals surface area contributed by atoms with Crippen molar-refractivity contribution in [3.05, 3.63) is 65.8 Å². The van der Waals surface area contributed by atoms with Gasteiger partial charge in [-0.3, -0.25) is 0 Å². The van der Waals surface area contributed by atoms with E-state index in [9.17, 15) is 4.79 Å². The van der Waals surface area contributed by atoms with Crippen molar-refractivity contribution in [3.8, 4) is 0 Å². The quantitative estimate of drug-likeness (QED) is 0.398. The molecule has 1 heterocycles. The van der Waals surface area contributed by atoms with Crippen molar-refractivity contribution in [1.29, 1.82) is 0 Å². The van der Waals surface area contributed by atoms with Gasteiger partial charge in [0, 0.05) is 34.3 Å². The Morgan fingerprint density at radius 2 is 1.47 bits per heavy atom. The zero-order chi connectivity index (χ0) is 20.8. The van der Waals surface area contributed by atoms with Gasteiger partial charge in [-0.2, -0.15) is 4.98 Å². The fraction of sp³-hybridized carbons (Fsp3) is 0.227. The molecule has 0 unspecified atom stereocenters. The predicted octanol–water partition coefficient (Wildman–Crippen LogP) is 5.87.